The second kappa shape index (κ2) is 5.92. The van der Waals surface area contributed by atoms with Crippen LogP contribution in [0.3, 0.4) is 0 Å². The summed E-state index contributed by atoms with van der Waals surface area (Å²) in [6, 6.07) is 0.498. The molecule has 1 saturated carbocycles. The van der Waals surface area contributed by atoms with Gasteiger partial charge in [-0.25, -0.2) is 4.98 Å². The van der Waals surface area contributed by atoms with Gasteiger partial charge < -0.3 is 9.88 Å². The summed E-state index contributed by atoms with van der Waals surface area (Å²) in [6.07, 6.45) is 7.86. The van der Waals surface area contributed by atoms with Gasteiger partial charge in [-0.1, -0.05) is 0 Å². The Morgan fingerprint density at radius 3 is 2.77 bits per heavy atom. The van der Waals surface area contributed by atoms with E-state index in [1.165, 1.54) is 0 Å². The highest BCUT2D eigenvalue weighted by atomic mass is 16.2. The molecule has 1 N–H and O–H groups in total. The number of aryl methyl sites for hydroxylation is 3. The van der Waals surface area contributed by atoms with E-state index in [4.69, 9.17) is 0 Å². The van der Waals surface area contributed by atoms with Crippen LogP contribution in [0.25, 0.3) is 0 Å². The Morgan fingerprint density at radius 1 is 1.45 bits per heavy atom. The van der Waals surface area contributed by atoms with E-state index in [1.807, 2.05) is 38.0 Å². The molecule has 22 heavy (non-hydrogen) atoms. The third-order valence-corrected chi connectivity index (χ3v) is 3.96. The average molecular weight is 302 g/mol. The van der Waals surface area contributed by atoms with Crippen molar-refractivity contribution in [1.29, 1.82) is 0 Å². The Morgan fingerprint density at radius 2 is 2.23 bits per heavy atom. The van der Waals surface area contributed by atoms with Crippen LogP contribution in [0.2, 0.25) is 0 Å². The number of carbonyl (C=O) groups excluding carboxylic acids is 1. The minimum absolute atomic E-state index is 0.00258. The second-order valence-electron chi connectivity index (χ2n) is 5.94. The molecule has 1 aliphatic rings. The third kappa shape index (κ3) is 3.36. The number of anilines is 1. The zero-order valence-corrected chi connectivity index (χ0v) is 13.3. The molecule has 0 unspecified atom stereocenters. The smallest absolute Gasteiger partial charge is 0.238 e. The molecule has 0 aromatic carbocycles. The van der Waals surface area contributed by atoms with E-state index in [9.17, 15) is 4.79 Å². The van der Waals surface area contributed by atoms with Crippen LogP contribution < -0.4 is 5.32 Å². The summed E-state index contributed by atoms with van der Waals surface area (Å²) in [7, 11) is 3.83. The standard InChI is InChI=1S/C15H22N6O/c1-11-13(8-20(3)18-11)17-15(22)10-21(12-4-5-12)9-14-16-6-7-19(14)2/h6-8,12H,4-5,9-10H2,1-3H3,(H,17,22). The zero-order valence-electron chi connectivity index (χ0n) is 13.3. The zero-order chi connectivity index (χ0) is 15.7. The van der Waals surface area contributed by atoms with Crippen molar-refractivity contribution in [1.82, 2.24) is 24.2 Å². The molecule has 118 valence electrons. The van der Waals surface area contributed by atoms with Gasteiger partial charge in [0.05, 0.1) is 24.5 Å². The van der Waals surface area contributed by atoms with Crippen molar-refractivity contribution >= 4 is 11.6 Å². The third-order valence-electron chi connectivity index (χ3n) is 3.96. The van der Waals surface area contributed by atoms with Gasteiger partial charge in [-0.3, -0.25) is 14.4 Å². The van der Waals surface area contributed by atoms with Crippen LogP contribution in [0.15, 0.2) is 18.6 Å². The molecule has 2 aromatic rings. The monoisotopic (exact) mass is 302 g/mol. The van der Waals surface area contributed by atoms with Gasteiger partial charge in [-0.15, -0.1) is 0 Å². The van der Waals surface area contributed by atoms with Crippen LogP contribution >= 0.6 is 0 Å². The minimum atomic E-state index is -0.00258. The highest BCUT2D eigenvalue weighted by molar-refractivity contribution is 5.92. The summed E-state index contributed by atoms with van der Waals surface area (Å²) in [5.41, 5.74) is 1.61. The number of carbonyl (C=O) groups is 1. The van der Waals surface area contributed by atoms with Gasteiger partial charge in [-0.2, -0.15) is 5.10 Å². The maximum absolute atomic E-state index is 12.3. The number of hydrogen-bond acceptors (Lipinski definition) is 4. The maximum atomic E-state index is 12.3. The summed E-state index contributed by atoms with van der Waals surface area (Å²) >= 11 is 0. The SMILES string of the molecule is Cc1nn(C)cc1NC(=O)CN(Cc1nccn1C)C1CC1. The molecule has 0 aliphatic heterocycles. The Balaban J connectivity index is 1.62. The molecule has 1 fully saturated rings. The summed E-state index contributed by atoms with van der Waals surface area (Å²) in [6.45, 7) is 2.97. The molecular formula is C15H22N6O. The first-order chi connectivity index (χ1) is 10.5. The van der Waals surface area contributed by atoms with Crippen molar-refractivity contribution < 1.29 is 4.79 Å². The van der Waals surface area contributed by atoms with Crippen molar-refractivity contribution in [3.05, 3.63) is 30.1 Å². The van der Waals surface area contributed by atoms with Gasteiger partial charge in [0, 0.05) is 38.7 Å². The molecule has 1 aliphatic carbocycles. The lowest BCUT2D eigenvalue weighted by Gasteiger charge is -2.20. The van der Waals surface area contributed by atoms with Crippen molar-refractivity contribution in [3.63, 3.8) is 0 Å². The molecule has 0 radical (unpaired) electrons. The fourth-order valence-corrected chi connectivity index (χ4v) is 2.58. The Hall–Kier alpha value is -2.15. The van der Waals surface area contributed by atoms with Gasteiger partial charge in [-0.05, 0) is 19.8 Å². The average Bonchev–Trinajstić information content (AvgIpc) is 3.15. The number of hydrogen-bond donors (Lipinski definition) is 1. The van der Waals surface area contributed by atoms with Crippen LogP contribution in [-0.2, 0) is 25.4 Å². The molecule has 3 rings (SSSR count). The molecule has 7 heteroatoms. The van der Waals surface area contributed by atoms with Gasteiger partial charge in [0.1, 0.15) is 5.82 Å². The Labute approximate surface area is 129 Å². The molecule has 7 nitrogen and oxygen atoms in total. The number of rotatable bonds is 6. The summed E-state index contributed by atoms with van der Waals surface area (Å²) < 4.78 is 3.70. The van der Waals surface area contributed by atoms with Crippen LogP contribution in [0.4, 0.5) is 5.69 Å². The fourth-order valence-electron chi connectivity index (χ4n) is 2.58. The van der Waals surface area contributed by atoms with Crippen molar-refractivity contribution in [2.24, 2.45) is 14.1 Å². The largest absolute Gasteiger partial charge is 0.337 e. The summed E-state index contributed by atoms with van der Waals surface area (Å²) in [5.74, 6) is 0.981. The van der Waals surface area contributed by atoms with Gasteiger partial charge in [0.25, 0.3) is 0 Å². The minimum Gasteiger partial charge on any atom is -0.337 e. The van der Waals surface area contributed by atoms with E-state index in [0.717, 1.165) is 30.0 Å². The molecule has 0 spiro atoms. The summed E-state index contributed by atoms with van der Waals surface area (Å²) in [4.78, 5) is 18.9. The van der Waals surface area contributed by atoms with E-state index in [-0.39, 0.29) is 5.91 Å². The van der Waals surface area contributed by atoms with E-state index < -0.39 is 0 Å². The van der Waals surface area contributed by atoms with Crippen LogP contribution in [0.5, 0.6) is 0 Å². The number of imidazole rings is 1. The Kier molecular flexibility index (Phi) is 3.98. The molecule has 2 heterocycles. The molecule has 0 saturated heterocycles. The quantitative estimate of drug-likeness (QED) is 0.866. The van der Waals surface area contributed by atoms with Crippen LogP contribution in [0, 0.1) is 6.92 Å². The van der Waals surface area contributed by atoms with E-state index in [2.05, 4.69) is 20.3 Å². The van der Waals surface area contributed by atoms with Gasteiger partial charge in [0.2, 0.25) is 5.91 Å². The van der Waals surface area contributed by atoms with Crippen molar-refractivity contribution in [2.45, 2.75) is 32.4 Å². The normalized spacial score (nSPS) is 14.5. The predicted molar refractivity (Wildman–Crippen MR) is 83.2 cm³/mol. The lowest BCUT2D eigenvalue weighted by molar-refractivity contribution is -0.117. The molecule has 2 aromatic heterocycles. The number of amides is 1. The fraction of sp³-hybridized carbons (Fsp3) is 0.533. The molecule has 0 atom stereocenters. The molecular weight excluding hydrogens is 280 g/mol. The van der Waals surface area contributed by atoms with Gasteiger partial charge >= 0.3 is 0 Å². The topological polar surface area (TPSA) is 68.0 Å². The van der Waals surface area contributed by atoms with E-state index in [1.54, 1.807) is 10.9 Å². The molecule has 1 amide bonds. The maximum Gasteiger partial charge on any atom is 0.238 e. The highest BCUT2D eigenvalue weighted by Gasteiger charge is 2.31. The van der Waals surface area contributed by atoms with Gasteiger partial charge in [0.15, 0.2) is 0 Å². The number of nitrogens with zero attached hydrogens (tertiary/aromatic N) is 5. The lowest BCUT2D eigenvalue weighted by atomic mass is 10.3. The first-order valence-electron chi connectivity index (χ1n) is 7.53. The number of aromatic nitrogens is 4. The predicted octanol–water partition coefficient (Wildman–Crippen LogP) is 1.07. The lowest BCUT2D eigenvalue weighted by Crippen LogP contribution is -2.35. The molecule has 0 bridgehead atoms. The Bertz CT molecular complexity index is 669. The van der Waals surface area contributed by atoms with Crippen LogP contribution in [0.1, 0.15) is 24.4 Å². The van der Waals surface area contributed by atoms with E-state index in [0.29, 0.717) is 19.1 Å². The first kappa shape index (κ1) is 14.8. The number of nitrogens with one attached hydrogen (secondary N) is 1. The summed E-state index contributed by atoms with van der Waals surface area (Å²) in [5, 5.41) is 7.19. The van der Waals surface area contributed by atoms with Crippen molar-refractivity contribution in [3.8, 4) is 0 Å². The second-order valence-corrected chi connectivity index (χ2v) is 5.94. The highest BCUT2D eigenvalue weighted by Crippen LogP contribution is 2.28. The first-order valence-corrected chi connectivity index (χ1v) is 7.53. The van der Waals surface area contributed by atoms with Crippen LogP contribution in [-0.4, -0.2) is 42.7 Å². The van der Waals surface area contributed by atoms with E-state index >= 15 is 0 Å². The van der Waals surface area contributed by atoms with Crippen molar-refractivity contribution in [2.75, 3.05) is 11.9 Å².